The van der Waals surface area contributed by atoms with Crippen molar-refractivity contribution in [2.75, 3.05) is 6.61 Å². The fourth-order valence-electron chi connectivity index (χ4n) is 1.06. The molecule has 0 saturated heterocycles. The van der Waals surface area contributed by atoms with Crippen LogP contribution >= 0.6 is 0 Å². The van der Waals surface area contributed by atoms with E-state index in [-0.39, 0.29) is 73.1 Å². The molecule has 5 heteroatoms. The fourth-order valence-corrected chi connectivity index (χ4v) is 1.06. The number of benzene rings is 1. The van der Waals surface area contributed by atoms with Gasteiger partial charge in [-0.3, -0.25) is 0 Å². The average molecular weight is 400 g/mol. The van der Waals surface area contributed by atoms with E-state index in [1.165, 1.54) is 5.56 Å². The summed E-state index contributed by atoms with van der Waals surface area (Å²) in [6.45, 7) is 0.705. The molecule has 0 saturated carbocycles. The molecule has 0 fully saturated rings. The van der Waals surface area contributed by atoms with Gasteiger partial charge in [-0.2, -0.15) is 0 Å². The van der Waals surface area contributed by atoms with Crippen LogP contribution in [0, 0.1) is 0 Å². The third kappa shape index (κ3) is 5.22. The zero-order valence-corrected chi connectivity index (χ0v) is 17.0. The largest absolute Gasteiger partial charge is 0 e. The maximum Gasteiger partial charge on any atom is 0 e. The van der Waals surface area contributed by atoms with Crippen LogP contribution in [-0.2, 0) is 56.0 Å². The van der Waals surface area contributed by atoms with Crippen LogP contribution in [0.1, 0.15) is 5.56 Å². The smallest absolute Gasteiger partial charge is 0 e. The Hall–Kier alpha value is 1.05. The Balaban J connectivity index is -0.000000302. The first kappa shape index (κ1) is 20.5. The van der Waals surface area contributed by atoms with Crippen LogP contribution in [0.4, 0.5) is 0 Å². The maximum absolute atomic E-state index is 5.34. The molecule has 0 N–H and O–H groups in total. The molecule has 2 rings (SSSR count). The molecule has 0 aromatic heterocycles. The van der Waals surface area contributed by atoms with E-state index in [1.807, 2.05) is 30.3 Å². The van der Waals surface area contributed by atoms with Gasteiger partial charge in [0, 0.05) is 61.6 Å². The Bertz CT molecular complexity index is 281. The van der Waals surface area contributed by atoms with Gasteiger partial charge in [-0.25, -0.2) is 0 Å². The van der Waals surface area contributed by atoms with Gasteiger partial charge in [0.2, 0.25) is 0 Å². The van der Waals surface area contributed by atoms with Gasteiger partial charge < -0.3 is 4.74 Å². The Morgan fingerprint density at radius 1 is 1.07 bits per heavy atom. The van der Waals surface area contributed by atoms with Crippen molar-refractivity contribution < 1.29 is 60.8 Å². The molecule has 1 aliphatic heterocycles. The van der Waals surface area contributed by atoms with Gasteiger partial charge in [-0.15, -0.1) is 0 Å². The second kappa shape index (κ2) is 10.6. The molecule has 1 aromatic rings. The zero-order chi connectivity index (χ0) is 6.81. The molecule has 1 aliphatic rings. The Morgan fingerprint density at radius 3 is 2.36 bits per heavy atom. The van der Waals surface area contributed by atoms with E-state index in [4.69, 9.17) is 4.74 Å². The Kier molecular flexibility index (Phi) is 15.4. The molecule has 0 unspecified atom stereocenters. The normalized spacial score (nSPS) is 10.0. The Labute approximate surface area is 131 Å². The van der Waals surface area contributed by atoms with Crippen molar-refractivity contribution in [1.82, 2.24) is 0 Å². The van der Waals surface area contributed by atoms with Crippen molar-refractivity contribution in [2.45, 2.75) is 0 Å². The van der Waals surface area contributed by atoms with Gasteiger partial charge in [0.15, 0.2) is 0 Å². The second-order valence-electron chi connectivity index (χ2n) is 2.25. The second-order valence-corrected chi connectivity index (χ2v) is 2.25. The summed E-state index contributed by atoms with van der Waals surface area (Å²) >= 11 is 0. The summed E-state index contributed by atoms with van der Waals surface area (Å²) in [6, 6.07) is 8.03. The predicted octanol–water partition coefficient (Wildman–Crippen LogP) is 1.17. The molecule has 0 amide bonds. The number of hydrogen-bond acceptors (Lipinski definition) is 1. The van der Waals surface area contributed by atoms with E-state index in [0.717, 1.165) is 5.75 Å². The minimum Gasteiger partial charge on any atom is 0 e. The van der Waals surface area contributed by atoms with Gasteiger partial charge in [-0.05, 0) is 12.1 Å². The average Bonchev–Trinajstić information content (AvgIpc) is 2.05. The van der Waals surface area contributed by atoms with Crippen LogP contribution in [0.25, 0.3) is 6.08 Å². The Morgan fingerprint density at radius 2 is 1.71 bits per heavy atom. The molecule has 14 heavy (non-hydrogen) atoms. The van der Waals surface area contributed by atoms with Crippen molar-refractivity contribution in [3.05, 3.63) is 35.9 Å². The number of rotatable bonds is 0. The van der Waals surface area contributed by atoms with Gasteiger partial charge in [0.25, 0.3) is 0 Å². The van der Waals surface area contributed by atoms with Crippen molar-refractivity contribution in [3.63, 3.8) is 0 Å². The topological polar surface area (TPSA) is 9.23 Å². The van der Waals surface area contributed by atoms with E-state index in [0.29, 0.717) is 6.61 Å². The molecule has 1 nitrogen and oxygen atoms in total. The van der Waals surface area contributed by atoms with E-state index < -0.39 is 0 Å². The van der Waals surface area contributed by atoms with Crippen LogP contribution < -0.4 is 4.74 Å². The fraction of sp³-hybridized carbons (Fsp3) is 0.111. The summed E-state index contributed by atoms with van der Waals surface area (Å²) in [5, 5.41) is 0. The monoisotopic (exact) mass is 398 g/mol. The van der Waals surface area contributed by atoms with E-state index in [2.05, 4.69) is 6.08 Å². The van der Waals surface area contributed by atoms with Crippen LogP contribution in [0.3, 0.4) is 0 Å². The maximum atomic E-state index is 5.34. The number of ether oxygens (including phenoxy) is 1. The first-order chi connectivity index (χ1) is 4.97. The standard InChI is InChI=1S/C9H8O.Fe.H2Se.2Zn/c1-2-6-9-8(4-1)5-3-7-10-9;;;;/h1-6H,7H2;;1H2;;. The van der Waals surface area contributed by atoms with E-state index in [1.54, 1.807) is 0 Å². The minimum absolute atomic E-state index is 0. The molecular weight excluding hydrogens is 390 g/mol. The van der Waals surface area contributed by atoms with Crippen molar-refractivity contribution in [3.8, 4) is 5.75 Å². The van der Waals surface area contributed by atoms with Crippen LogP contribution in [0.15, 0.2) is 30.3 Å². The zero-order valence-electron chi connectivity index (χ0n) is 7.85. The van der Waals surface area contributed by atoms with Gasteiger partial charge in [0.05, 0.1) is 0 Å². The number of para-hydroxylation sites is 1. The molecule has 1 heterocycles. The van der Waals surface area contributed by atoms with Gasteiger partial charge in [-0.1, -0.05) is 24.3 Å². The van der Waals surface area contributed by atoms with Gasteiger partial charge in [0.1, 0.15) is 12.4 Å². The summed E-state index contributed by atoms with van der Waals surface area (Å²) in [5.74, 6) is 0.991. The van der Waals surface area contributed by atoms with Crippen molar-refractivity contribution in [2.24, 2.45) is 0 Å². The SMILES string of the molecule is C1=Cc2ccccc2OC1.[Fe].[SeH2].[Zn].[Zn]. The summed E-state index contributed by atoms with van der Waals surface area (Å²) in [6.07, 6.45) is 4.10. The first-order valence-electron chi connectivity index (χ1n) is 3.35. The molecule has 0 bridgehead atoms. The van der Waals surface area contributed by atoms with Gasteiger partial charge >= 0.3 is 17.1 Å². The third-order valence-electron chi connectivity index (χ3n) is 1.55. The number of hydrogen-bond donors (Lipinski definition) is 0. The summed E-state index contributed by atoms with van der Waals surface area (Å²) in [5.41, 5.74) is 1.17. The number of fused-ring (bicyclic) bond motifs is 1. The molecule has 0 atom stereocenters. The summed E-state index contributed by atoms with van der Waals surface area (Å²) < 4.78 is 5.34. The predicted molar refractivity (Wildman–Crippen MR) is 49.5 cm³/mol. The molecular formula is C9H10FeOSeZn2. The quantitative estimate of drug-likeness (QED) is 0.595. The molecule has 0 aliphatic carbocycles. The van der Waals surface area contributed by atoms with Crippen molar-refractivity contribution >= 4 is 23.1 Å². The molecule has 0 radical (unpaired) electrons. The van der Waals surface area contributed by atoms with Crippen LogP contribution in [0.2, 0.25) is 0 Å². The minimum atomic E-state index is 0. The summed E-state index contributed by atoms with van der Waals surface area (Å²) in [7, 11) is 0. The third-order valence-corrected chi connectivity index (χ3v) is 1.55. The summed E-state index contributed by atoms with van der Waals surface area (Å²) in [4.78, 5) is 0. The molecule has 1 aromatic carbocycles. The molecule has 0 spiro atoms. The van der Waals surface area contributed by atoms with Crippen LogP contribution in [0.5, 0.6) is 5.75 Å². The van der Waals surface area contributed by atoms with E-state index in [9.17, 15) is 0 Å². The van der Waals surface area contributed by atoms with Crippen LogP contribution in [-0.4, -0.2) is 23.7 Å². The molecule has 70 valence electrons. The van der Waals surface area contributed by atoms with E-state index >= 15 is 0 Å². The first-order valence-corrected chi connectivity index (χ1v) is 3.35. The van der Waals surface area contributed by atoms with Crippen molar-refractivity contribution in [1.29, 1.82) is 0 Å².